The first kappa shape index (κ1) is 19.8. The van der Waals surface area contributed by atoms with Crippen LogP contribution in [0.3, 0.4) is 0 Å². The Morgan fingerprint density at radius 1 is 1.17 bits per heavy atom. The van der Waals surface area contributed by atoms with Gasteiger partial charge in [0.05, 0.1) is 23.0 Å². The van der Waals surface area contributed by atoms with Crippen molar-refractivity contribution in [2.75, 3.05) is 5.32 Å². The number of benzene rings is 1. The first-order valence-electron chi connectivity index (χ1n) is 9.93. The van der Waals surface area contributed by atoms with Crippen LogP contribution in [0.25, 0.3) is 22.5 Å². The molecule has 0 aliphatic rings. The Kier molecular flexibility index (Phi) is 5.07. The van der Waals surface area contributed by atoms with Crippen molar-refractivity contribution in [3.63, 3.8) is 0 Å². The summed E-state index contributed by atoms with van der Waals surface area (Å²) in [7, 11) is 0. The zero-order chi connectivity index (χ0) is 21.4. The van der Waals surface area contributed by atoms with Crippen molar-refractivity contribution in [1.29, 1.82) is 0 Å². The molecule has 0 radical (unpaired) electrons. The summed E-state index contributed by atoms with van der Waals surface area (Å²) in [5, 5.41) is 12.2. The fraction of sp³-hybridized carbons (Fsp3) is 0.318. The number of aromatic nitrogens is 5. The second-order valence-corrected chi connectivity index (χ2v) is 7.88. The standard InChI is InChI=1S/C22H24N6O2/c1-12(2)19-26-22(30-27-19)17-8-6-7-14(5)18(17)25-21(29)16-9-15-11-24-28(13(3)4)20(15)23-10-16/h6-13H,1-5H3,(H,25,29). The normalized spacial score (nSPS) is 11.6. The third-order valence-electron chi connectivity index (χ3n) is 4.88. The average molecular weight is 404 g/mol. The van der Waals surface area contributed by atoms with E-state index in [0.717, 1.165) is 16.6 Å². The van der Waals surface area contributed by atoms with Gasteiger partial charge in [0.15, 0.2) is 11.5 Å². The van der Waals surface area contributed by atoms with Gasteiger partial charge in [-0.05, 0) is 38.5 Å². The summed E-state index contributed by atoms with van der Waals surface area (Å²) in [5.74, 6) is 0.890. The van der Waals surface area contributed by atoms with E-state index in [1.165, 1.54) is 0 Å². The number of hydrogen-bond donors (Lipinski definition) is 1. The number of nitrogens with zero attached hydrogens (tertiary/aromatic N) is 5. The van der Waals surface area contributed by atoms with Crippen LogP contribution in [0.2, 0.25) is 0 Å². The van der Waals surface area contributed by atoms with Crippen LogP contribution in [0.4, 0.5) is 5.69 Å². The molecule has 1 amide bonds. The van der Waals surface area contributed by atoms with Gasteiger partial charge < -0.3 is 9.84 Å². The van der Waals surface area contributed by atoms with E-state index in [1.54, 1.807) is 18.5 Å². The van der Waals surface area contributed by atoms with Crippen LogP contribution in [0.5, 0.6) is 0 Å². The summed E-state index contributed by atoms with van der Waals surface area (Å²) in [4.78, 5) is 21.9. The van der Waals surface area contributed by atoms with Crippen LogP contribution in [-0.4, -0.2) is 30.8 Å². The number of amides is 1. The maximum Gasteiger partial charge on any atom is 0.260 e. The van der Waals surface area contributed by atoms with Crippen LogP contribution < -0.4 is 5.32 Å². The van der Waals surface area contributed by atoms with Crippen molar-refractivity contribution in [1.82, 2.24) is 24.9 Å². The highest BCUT2D eigenvalue weighted by Gasteiger charge is 2.19. The molecule has 3 aromatic heterocycles. The zero-order valence-corrected chi connectivity index (χ0v) is 17.7. The van der Waals surface area contributed by atoms with E-state index in [-0.39, 0.29) is 17.9 Å². The second-order valence-electron chi connectivity index (χ2n) is 7.88. The highest BCUT2D eigenvalue weighted by Crippen LogP contribution is 2.31. The van der Waals surface area contributed by atoms with E-state index in [9.17, 15) is 4.79 Å². The second kappa shape index (κ2) is 7.70. The Balaban J connectivity index is 1.67. The molecule has 1 N–H and O–H groups in total. The third-order valence-corrected chi connectivity index (χ3v) is 4.88. The van der Waals surface area contributed by atoms with Gasteiger partial charge in [-0.2, -0.15) is 10.1 Å². The number of para-hydroxylation sites is 1. The number of fused-ring (bicyclic) bond motifs is 1. The van der Waals surface area contributed by atoms with Crippen molar-refractivity contribution in [2.24, 2.45) is 0 Å². The van der Waals surface area contributed by atoms with E-state index in [0.29, 0.717) is 28.5 Å². The lowest BCUT2D eigenvalue weighted by atomic mass is 10.1. The molecule has 30 heavy (non-hydrogen) atoms. The highest BCUT2D eigenvalue weighted by atomic mass is 16.5. The third kappa shape index (κ3) is 3.56. The Morgan fingerprint density at radius 3 is 2.67 bits per heavy atom. The van der Waals surface area contributed by atoms with E-state index in [1.807, 2.05) is 57.5 Å². The van der Waals surface area contributed by atoms with Gasteiger partial charge in [-0.1, -0.05) is 31.1 Å². The van der Waals surface area contributed by atoms with Crippen LogP contribution >= 0.6 is 0 Å². The minimum atomic E-state index is -0.263. The first-order chi connectivity index (χ1) is 14.3. The zero-order valence-electron chi connectivity index (χ0n) is 17.7. The molecule has 0 atom stereocenters. The molecular weight excluding hydrogens is 380 g/mol. The monoisotopic (exact) mass is 404 g/mol. The summed E-state index contributed by atoms with van der Waals surface area (Å²) in [6, 6.07) is 7.66. The number of carbonyl (C=O) groups is 1. The minimum absolute atomic E-state index is 0.148. The molecule has 0 saturated heterocycles. The lowest BCUT2D eigenvalue weighted by Gasteiger charge is -2.12. The van der Waals surface area contributed by atoms with Crippen LogP contribution in [0, 0.1) is 6.92 Å². The minimum Gasteiger partial charge on any atom is -0.334 e. The number of aryl methyl sites for hydroxylation is 1. The molecular formula is C22H24N6O2. The van der Waals surface area contributed by atoms with Crippen LogP contribution in [0.15, 0.2) is 41.2 Å². The Morgan fingerprint density at radius 2 is 1.97 bits per heavy atom. The molecule has 4 aromatic rings. The van der Waals surface area contributed by atoms with Crippen LogP contribution in [-0.2, 0) is 0 Å². The molecule has 0 bridgehead atoms. The molecule has 0 unspecified atom stereocenters. The summed E-state index contributed by atoms with van der Waals surface area (Å²) >= 11 is 0. The van der Waals surface area contributed by atoms with Crippen molar-refractivity contribution in [2.45, 2.75) is 46.6 Å². The smallest absolute Gasteiger partial charge is 0.260 e. The van der Waals surface area contributed by atoms with E-state index < -0.39 is 0 Å². The topological polar surface area (TPSA) is 98.7 Å². The Labute approximate surface area is 174 Å². The van der Waals surface area contributed by atoms with Gasteiger partial charge in [0.1, 0.15) is 0 Å². The highest BCUT2D eigenvalue weighted by molar-refractivity contribution is 6.07. The molecule has 0 aliphatic heterocycles. The molecule has 8 nitrogen and oxygen atoms in total. The SMILES string of the molecule is Cc1cccc(-c2nc(C(C)C)no2)c1NC(=O)c1cnc2c(cnn2C(C)C)c1. The van der Waals surface area contributed by atoms with Gasteiger partial charge in [0.25, 0.3) is 11.8 Å². The van der Waals surface area contributed by atoms with Crippen molar-refractivity contribution in [3.05, 3.63) is 53.6 Å². The van der Waals surface area contributed by atoms with Gasteiger partial charge in [-0.3, -0.25) is 4.79 Å². The number of carbonyl (C=O) groups excluding carboxylic acids is 1. The number of hydrogen-bond acceptors (Lipinski definition) is 6. The summed E-state index contributed by atoms with van der Waals surface area (Å²) < 4.78 is 7.27. The number of rotatable bonds is 5. The van der Waals surface area contributed by atoms with Gasteiger partial charge in [0.2, 0.25) is 0 Å². The quantitative estimate of drug-likeness (QED) is 0.515. The molecule has 0 saturated carbocycles. The first-order valence-corrected chi connectivity index (χ1v) is 9.93. The van der Waals surface area contributed by atoms with Gasteiger partial charge in [0, 0.05) is 23.5 Å². The molecule has 8 heteroatoms. The molecule has 0 fully saturated rings. The van der Waals surface area contributed by atoms with Gasteiger partial charge >= 0.3 is 0 Å². The van der Waals surface area contributed by atoms with E-state index in [2.05, 4.69) is 25.5 Å². The van der Waals surface area contributed by atoms with E-state index >= 15 is 0 Å². The van der Waals surface area contributed by atoms with Crippen molar-refractivity contribution in [3.8, 4) is 11.5 Å². The van der Waals surface area contributed by atoms with Crippen molar-refractivity contribution < 1.29 is 9.32 Å². The molecule has 154 valence electrons. The lowest BCUT2D eigenvalue weighted by molar-refractivity contribution is 0.102. The van der Waals surface area contributed by atoms with E-state index in [4.69, 9.17) is 4.52 Å². The van der Waals surface area contributed by atoms with Gasteiger partial charge in [-0.25, -0.2) is 9.67 Å². The molecule has 3 heterocycles. The lowest BCUT2D eigenvalue weighted by Crippen LogP contribution is -2.14. The molecule has 0 aliphatic carbocycles. The maximum absolute atomic E-state index is 13.0. The van der Waals surface area contributed by atoms with Crippen molar-refractivity contribution >= 4 is 22.6 Å². The largest absolute Gasteiger partial charge is 0.334 e. The predicted molar refractivity (Wildman–Crippen MR) is 114 cm³/mol. The fourth-order valence-corrected chi connectivity index (χ4v) is 3.22. The number of anilines is 1. The predicted octanol–water partition coefficient (Wildman–Crippen LogP) is 4.75. The van der Waals surface area contributed by atoms with Gasteiger partial charge in [-0.15, -0.1) is 0 Å². The summed E-state index contributed by atoms with van der Waals surface area (Å²) in [6.07, 6.45) is 3.30. The summed E-state index contributed by atoms with van der Waals surface area (Å²) in [5.41, 5.74) is 3.43. The number of nitrogens with one attached hydrogen (secondary N) is 1. The molecule has 0 spiro atoms. The molecule has 1 aromatic carbocycles. The number of pyridine rings is 1. The summed E-state index contributed by atoms with van der Waals surface area (Å²) in [6.45, 7) is 10.00. The molecule has 4 rings (SSSR count). The van der Waals surface area contributed by atoms with Crippen LogP contribution in [0.1, 0.15) is 61.4 Å². The maximum atomic E-state index is 13.0. The average Bonchev–Trinajstić information content (AvgIpc) is 3.36. The fourth-order valence-electron chi connectivity index (χ4n) is 3.22. The Bertz CT molecular complexity index is 1220. The Hall–Kier alpha value is -3.55.